The zero-order valence-electron chi connectivity index (χ0n) is 24.3. The molecule has 1 aliphatic rings. The van der Waals surface area contributed by atoms with Crippen LogP contribution in [0.5, 0.6) is 5.75 Å². The zero-order chi connectivity index (χ0) is 30.8. The van der Waals surface area contributed by atoms with E-state index in [0.29, 0.717) is 12.2 Å². The summed E-state index contributed by atoms with van der Waals surface area (Å²) < 4.78 is 15.9. The molecule has 10 nitrogen and oxygen atoms in total. The fourth-order valence-electron chi connectivity index (χ4n) is 4.87. The summed E-state index contributed by atoms with van der Waals surface area (Å²) in [5, 5.41) is 10.1. The smallest absolute Gasteiger partial charge is 0.416 e. The number of benzene rings is 3. The molecule has 0 aromatic heterocycles. The van der Waals surface area contributed by atoms with Crippen molar-refractivity contribution in [3.05, 3.63) is 102 Å². The van der Waals surface area contributed by atoms with E-state index in [-0.39, 0.29) is 26.2 Å². The molecule has 10 heteroatoms. The van der Waals surface area contributed by atoms with Crippen molar-refractivity contribution < 1.29 is 38.5 Å². The van der Waals surface area contributed by atoms with E-state index in [1.807, 2.05) is 60.7 Å². The van der Waals surface area contributed by atoms with E-state index in [9.17, 15) is 24.3 Å². The standard InChI is InChI=1S/C33H36N2O8/c1-23(34(19-25-13-15-29(41-2)16-14-25)32(39)42-21-26-11-7-4-8-12-26)30(37)18-27(20-36)31(38)35-28(22-43-33(35)40)17-24-9-5-3-6-10-24/h3-16,23,27-28,36H,17-22H2,1-2H3/t23-,27-,28+/m0/s1. The van der Waals surface area contributed by atoms with E-state index in [2.05, 4.69) is 0 Å². The molecule has 43 heavy (non-hydrogen) atoms. The number of methoxy groups -OCH3 is 1. The SMILES string of the molecule is COc1ccc(CN(C(=O)OCc2ccccc2)[C@@H](C)C(=O)C[C@@H](CO)C(=O)N2C(=O)OC[C@H]2Cc2ccccc2)cc1. The average molecular weight is 589 g/mol. The van der Waals surface area contributed by atoms with Gasteiger partial charge in [0.1, 0.15) is 19.0 Å². The first-order valence-corrected chi connectivity index (χ1v) is 14.1. The number of cyclic esters (lactones) is 1. The Labute approximate surface area is 250 Å². The lowest BCUT2D eigenvalue weighted by atomic mass is 9.96. The average Bonchev–Trinajstić information content (AvgIpc) is 3.40. The molecule has 226 valence electrons. The summed E-state index contributed by atoms with van der Waals surface area (Å²) in [5.74, 6) is -1.71. The fraction of sp³-hybridized carbons (Fsp3) is 0.333. The monoisotopic (exact) mass is 588 g/mol. The Morgan fingerprint density at radius 2 is 1.58 bits per heavy atom. The number of carbonyl (C=O) groups is 4. The Kier molecular flexibility index (Phi) is 10.9. The molecule has 3 atom stereocenters. The lowest BCUT2D eigenvalue weighted by Crippen LogP contribution is -2.47. The van der Waals surface area contributed by atoms with Crippen molar-refractivity contribution in [2.75, 3.05) is 20.3 Å². The maximum absolute atomic E-state index is 13.5. The molecule has 3 aromatic rings. The van der Waals surface area contributed by atoms with Gasteiger partial charge in [-0.2, -0.15) is 0 Å². The highest BCUT2D eigenvalue weighted by Gasteiger charge is 2.42. The predicted octanol–water partition coefficient (Wildman–Crippen LogP) is 4.38. The Morgan fingerprint density at radius 3 is 2.19 bits per heavy atom. The highest BCUT2D eigenvalue weighted by molar-refractivity contribution is 5.98. The summed E-state index contributed by atoms with van der Waals surface area (Å²) in [7, 11) is 1.55. The second kappa shape index (κ2) is 15.0. The molecule has 3 aromatic carbocycles. The summed E-state index contributed by atoms with van der Waals surface area (Å²) in [6.07, 6.45) is -1.53. The molecule has 1 aliphatic heterocycles. The van der Waals surface area contributed by atoms with Crippen molar-refractivity contribution in [3.8, 4) is 5.75 Å². The Morgan fingerprint density at radius 1 is 0.953 bits per heavy atom. The van der Waals surface area contributed by atoms with Crippen LogP contribution < -0.4 is 4.74 Å². The number of aliphatic hydroxyl groups is 1. The largest absolute Gasteiger partial charge is 0.497 e. The Bertz CT molecular complexity index is 1380. The van der Waals surface area contributed by atoms with Gasteiger partial charge in [-0.3, -0.25) is 14.5 Å². The minimum atomic E-state index is -1.19. The maximum atomic E-state index is 13.5. The van der Waals surface area contributed by atoms with Gasteiger partial charge in [0, 0.05) is 13.0 Å². The second-order valence-electron chi connectivity index (χ2n) is 10.4. The van der Waals surface area contributed by atoms with E-state index in [0.717, 1.165) is 21.6 Å². The Balaban J connectivity index is 1.47. The van der Waals surface area contributed by atoms with Gasteiger partial charge in [-0.15, -0.1) is 0 Å². The number of carbonyl (C=O) groups excluding carboxylic acids is 4. The maximum Gasteiger partial charge on any atom is 0.416 e. The first kappa shape index (κ1) is 31.2. The van der Waals surface area contributed by atoms with Crippen LogP contribution in [0.3, 0.4) is 0 Å². The van der Waals surface area contributed by atoms with Crippen molar-refractivity contribution in [2.45, 2.75) is 45.0 Å². The third-order valence-corrected chi connectivity index (χ3v) is 7.41. The van der Waals surface area contributed by atoms with Crippen molar-refractivity contribution in [3.63, 3.8) is 0 Å². The van der Waals surface area contributed by atoms with Gasteiger partial charge in [-0.05, 0) is 42.2 Å². The van der Waals surface area contributed by atoms with E-state index >= 15 is 0 Å². The topological polar surface area (TPSA) is 123 Å². The van der Waals surface area contributed by atoms with Crippen LogP contribution >= 0.6 is 0 Å². The van der Waals surface area contributed by atoms with E-state index in [4.69, 9.17) is 14.2 Å². The van der Waals surface area contributed by atoms with Crippen LogP contribution in [-0.2, 0) is 38.6 Å². The molecule has 1 heterocycles. The number of amides is 3. The summed E-state index contributed by atoms with van der Waals surface area (Å²) in [4.78, 5) is 55.1. The molecular weight excluding hydrogens is 552 g/mol. The molecule has 1 N–H and O–H groups in total. The van der Waals surface area contributed by atoms with Crippen LogP contribution in [0.15, 0.2) is 84.9 Å². The number of rotatable bonds is 13. The van der Waals surface area contributed by atoms with Gasteiger partial charge in [-0.25, -0.2) is 14.5 Å². The normalized spacial score (nSPS) is 15.7. The summed E-state index contributed by atoms with van der Waals surface area (Å²) in [6.45, 7) is 0.981. The molecule has 0 radical (unpaired) electrons. The minimum absolute atomic E-state index is 0.0112. The van der Waals surface area contributed by atoms with Gasteiger partial charge < -0.3 is 19.3 Å². The number of Topliss-reactive ketones (excluding diaryl/α,β-unsaturated/α-hetero) is 1. The highest BCUT2D eigenvalue weighted by atomic mass is 16.6. The molecule has 1 fully saturated rings. The quantitative estimate of drug-likeness (QED) is 0.312. The second-order valence-corrected chi connectivity index (χ2v) is 10.4. The number of nitrogens with zero attached hydrogens (tertiary/aromatic N) is 2. The summed E-state index contributed by atoms with van der Waals surface area (Å²) >= 11 is 0. The predicted molar refractivity (Wildman–Crippen MR) is 157 cm³/mol. The van der Waals surface area contributed by atoms with Crippen molar-refractivity contribution in [1.29, 1.82) is 0 Å². The van der Waals surface area contributed by atoms with Crippen LogP contribution in [0.25, 0.3) is 0 Å². The molecule has 0 saturated carbocycles. The molecule has 0 spiro atoms. The van der Waals surface area contributed by atoms with Crippen molar-refractivity contribution in [1.82, 2.24) is 9.80 Å². The van der Waals surface area contributed by atoms with Gasteiger partial charge in [0.15, 0.2) is 5.78 Å². The molecule has 1 saturated heterocycles. The molecule has 4 rings (SSSR count). The lowest BCUT2D eigenvalue weighted by molar-refractivity contribution is -0.138. The van der Waals surface area contributed by atoms with Crippen LogP contribution in [0.1, 0.15) is 30.0 Å². The van der Waals surface area contributed by atoms with E-state index in [1.165, 1.54) is 4.90 Å². The molecular formula is C33H36N2O8. The van der Waals surface area contributed by atoms with Gasteiger partial charge in [0.05, 0.1) is 31.7 Å². The third kappa shape index (κ3) is 8.20. The van der Waals surface area contributed by atoms with Gasteiger partial charge >= 0.3 is 12.2 Å². The van der Waals surface area contributed by atoms with Crippen molar-refractivity contribution in [2.24, 2.45) is 5.92 Å². The summed E-state index contributed by atoms with van der Waals surface area (Å²) in [6, 6.07) is 24.0. The fourth-order valence-corrected chi connectivity index (χ4v) is 4.87. The first-order chi connectivity index (χ1) is 20.8. The van der Waals surface area contributed by atoms with Gasteiger partial charge in [0.25, 0.3) is 0 Å². The molecule has 3 amide bonds. The van der Waals surface area contributed by atoms with Crippen LogP contribution in [0.2, 0.25) is 0 Å². The summed E-state index contributed by atoms with van der Waals surface area (Å²) in [5.41, 5.74) is 2.43. The molecule has 0 aliphatic carbocycles. The minimum Gasteiger partial charge on any atom is -0.497 e. The van der Waals surface area contributed by atoms with E-state index in [1.54, 1.807) is 38.3 Å². The molecule has 0 bridgehead atoms. The first-order valence-electron chi connectivity index (χ1n) is 14.1. The number of ether oxygens (including phenoxy) is 3. The Hall–Kier alpha value is -4.70. The van der Waals surface area contributed by atoms with Crippen LogP contribution in [0, 0.1) is 5.92 Å². The lowest BCUT2D eigenvalue weighted by Gasteiger charge is -2.29. The number of imide groups is 1. The van der Waals surface area contributed by atoms with Gasteiger partial charge in [0.2, 0.25) is 5.91 Å². The van der Waals surface area contributed by atoms with Gasteiger partial charge in [-0.1, -0.05) is 72.8 Å². The number of hydrogen-bond acceptors (Lipinski definition) is 8. The van der Waals surface area contributed by atoms with Crippen LogP contribution in [0.4, 0.5) is 9.59 Å². The number of hydrogen-bond donors (Lipinski definition) is 1. The number of aliphatic hydroxyl groups excluding tert-OH is 1. The van der Waals surface area contributed by atoms with Crippen LogP contribution in [-0.4, -0.2) is 71.2 Å². The zero-order valence-corrected chi connectivity index (χ0v) is 24.3. The van der Waals surface area contributed by atoms with E-state index < -0.39 is 48.5 Å². The number of ketones is 1. The highest BCUT2D eigenvalue weighted by Crippen LogP contribution is 2.23. The molecule has 0 unspecified atom stereocenters. The third-order valence-electron chi connectivity index (χ3n) is 7.41. The van der Waals surface area contributed by atoms with Crippen molar-refractivity contribution >= 4 is 23.9 Å².